The average molecular weight is 291 g/mol. The Labute approximate surface area is 115 Å². The zero-order chi connectivity index (χ0) is 14.2. The molecular formula is C14H10FNO3S. The largest absolute Gasteiger partial charge is 0.487 e. The van der Waals surface area contributed by atoms with Gasteiger partial charge in [0, 0.05) is 6.20 Å². The van der Waals surface area contributed by atoms with Gasteiger partial charge in [0.15, 0.2) is 0 Å². The van der Waals surface area contributed by atoms with Crippen molar-refractivity contribution >= 4 is 15.9 Å². The molecule has 4 nitrogen and oxygen atoms in total. The number of sulfone groups is 1. The Morgan fingerprint density at radius 2 is 2.10 bits per heavy atom. The van der Waals surface area contributed by atoms with E-state index in [1.165, 1.54) is 24.4 Å². The number of pyridine rings is 1. The molecule has 102 valence electrons. The Bertz CT molecular complexity index is 785. The highest BCUT2D eigenvalue weighted by Crippen LogP contribution is 2.33. The molecule has 0 fully saturated rings. The van der Waals surface area contributed by atoms with Crippen molar-refractivity contribution in [2.45, 2.75) is 4.90 Å². The van der Waals surface area contributed by atoms with Crippen LogP contribution in [0.25, 0.3) is 6.08 Å². The number of aromatic nitrogens is 1. The molecule has 3 rings (SSSR count). The molecule has 0 aliphatic carbocycles. The van der Waals surface area contributed by atoms with Gasteiger partial charge in [0.2, 0.25) is 9.84 Å². The van der Waals surface area contributed by atoms with Crippen molar-refractivity contribution in [1.29, 1.82) is 0 Å². The highest BCUT2D eigenvalue weighted by Gasteiger charge is 2.30. The third kappa shape index (κ3) is 2.18. The maximum Gasteiger partial charge on any atom is 0.206 e. The third-order valence-corrected chi connectivity index (χ3v) is 4.82. The Balaban J connectivity index is 1.87. The van der Waals surface area contributed by atoms with Gasteiger partial charge in [-0.1, -0.05) is 0 Å². The van der Waals surface area contributed by atoms with E-state index < -0.39 is 15.7 Å². The first-order chi connectivity index (χ1) is 9.57. The van der Waals surface area contributed by atoms with Crippen LogP contribution in [0.2, 0.25) is 0 Å². The van der Waals surface area contributed by atoms with E-state index in [2.05, 4.69) is 4.98 Å². The molecule has 0 amide bonds. The monoisotopic (exact) mass is 291 g/mol. The fraction of sp³-hybridized carbons (Fsp3) is 0.0714. The predicted octanol–water partition coefficient (Wildman–Crippen LogP) is 2.43. The quantitative estimate of drug-likeness (QED) is 0.815. The summed E-state index contributed by atoms with van der Waals surface area (Å²) >= 11 is 0. The minimum atomic E-state index is -3.58. The van der Waals surface area contributed by atoms with Gasteiger partial charge in [-0.05, 0) is 42.0 Å². The molecule has 1 aliphatic heterocycles. The van der Waals surface area contributed by atoms with Crippen molar-refractivity contribution in [3.63, 3.8) is 0 Å². The molecule has 0 radical (unpaired) electrons. The molecule has 0 saturated carbocycles. The van der Waals surface area contributed by atoms with Crippen molar-refractivity contribution < 1.29 is 17.5 Å². The summed E-state index contributed by atoms with van der Waals surface area (Å²) < 4.78 is 43.0. The van der Waals surface area contributed by atoms with Crippen molar-refractivity contribution in [2.24, 2.45) is 0 Å². The van der Waals surface area contributed by atoms with Crippen LogP contribution in [0, 0.1) is 5.82 Å². The van der Waals surface area contributed by atoms with Gasteiger partial charge in [0.05, 0.1) is 16.0 Å². The van der Waals surface area contributed by atoms with Crippen LogP contribution < -0.4 is 4.74 Å². The summed E-state index contributed by atoms with van der Waals surface area (Å²) in [7, 11) is -3.58. The van der Waals surface area contributed by atoms with Crippen LogP contribution in [0.4, 0.5) is 4.39 Å². The molecule has 2 heterocycles. The lowest BCUT2D eigenvalue weighted by Crippen LogP contribution is -2.09. The van der Waals surface area contributed by atoms with Gasteiger partial charge in [-0.3, -0.25) is 4.98 Å². The van der Waals surface area contributed by atoms with Crippen LogP contribution in [-0.4, -0.2) is 20.0 Å². The van der Waals surface area contributed by atoms with Crippen molar-refractivity contribution in [1.82, 2.24) is 4.98 Å². The van der Waals surface area contributed by atoms with Crippen LogP contribution >= 0.6 is 0 Å². The Morgan fingerprint density at radius 3 is 2.85 bits per heavy atom. The second-order valence-corrected chi connectivity index (χ2v) is 6.24. The number of nitrogens with zero attached hydrogens (tertiary/aromatic N) is 1. The smallest absolute Gasteiger partial charge is 0.206 e. The van der Waals surface area contributed by atoms with Gasteiger partial charge in [0.1, 0.15) is 18.2 Å². The molecule has 0 saturated heterocycles. The summed E-state index contributed by atoms with van der Waals surface area (Å²) in [4.78, 5) is 4.10. The normalized spacial score (nSPS) is 15.6. The topological polar surface area (TPSA) is 56.3 Å². The van der Waals surface area contributed by atoms with Gasteiger partial charge >= 0.3 is 0 Å². The SMILES string of the molecule is O=S1(=O)C(COc2cccnc2)=Cc2cc(F)ccc21. The maximum atomic E-state index is 13.1. The number of ether oxygens (including phenoxy) is 1. The van der Waals surface area contributed by atoms with Gasteiger partial charge in [-0.25, -0.2) is 12.8 Å². The molecule has 1 aromatic heterocycles. The number of benzene rings is 1. The number of hydrogen-bond acceptors (Lipinski definition) is 4. The first kappa shape index (κ1) is 12.8. The predicted molar refractivity (Wildman–Crippen MR) is 71.3 cm³/mol. The molecule has 1 aromatic carbocycles. The van der Waals surface area contributed by atoms with E-state index in [0.29, 0.717) is 11.3 Å². The van der Waals surface area contributed by atoms with E-state index in [0.717, 1.165) is 6.07 Å². The summed E-state index contributed by atoms with van der Waals surface area (Å²) in [6.45, 7) is -0.107. The fourth-order valence-electron chi connectivity index (χ4n) is 1.98. The van der Waals surface area contributed by atoms with Crippen LogP contribution in [0.1, 0.15) is 5.56 Å². The highest BCUT2D eigenvalue weighted by atomic mass is 32.2. The average Bonchev–Trinajstić information content (AvgIpc) is 2.68. The molecule has 0 N–H and O–H groups in total. The van der Waals surface area contributed by atoms with E-state index in [4.69, 9.17) is 4.74 Å². The summed E-state index contributed by atoms with van der Waals surface area (Å²) in [6.07, 6.45) is 4.52. The lowest BCUT2D eigenvalue weighted by atomic mass is 10.2. The highest BCUT2D eigenvalue weighted by molar-refractivity contribution is 7.95. The molecule has 0 unspecified atom stereocenters. The van der Waals surface area contributed by atoms with Crippen molar-refractivity contribution in [2.75, 3.05) is 6.61 Å². The Kier molecular flexibility index (Phi) is 3.02. The lowest BCUT2D eigenvalue weighted by Gasteiger charge is -2.06. The van der Waals surface area contributed by atoms with E-state index in [9.17, 15) is 12.8 Å². The van der Waals surface area contributed by atoms with Gasteiger partial charge in [-0.2, -0.15) is 0 Å². The van der Waals surface area contributed by atoms with E-state index in [-0.39, 0.29) is 16.4 Å². The van der Waals surface area contributed by atoms with Crippen LogP contribution in [0.3, 0.4) is 0 Å². The first-order valence-corrected chi connectivity index (χ1v) is 7.34. The number of halogens is 1. The molecule has 0 atom stereocenters. The number of rotatable bonds is 3. The number of hydrogen-bond donors (Lipinski definition) is 0. The maximum absolute atomic E-state index is 13.1. The first-order valence-electron chi connectivity index (χ1n) is 5.85. The van der Waals surface area contributed by atoms with Crippen molar-refractivity contribution in [3.8, 4) is 5.75 Å². The minimum absolute atomic E-state index is 0.107. The summed E-state index contributed by atoms with van der Waals surface area (Å²) in [5.74, 6) is 0.00960. The molecule has 0 bridgehead atoms. The Morgan fingerprint density at radius 1 is 1.25 bits per heavy atom. The summed E-state index contributed by atoms with van der Waals surface area (Å²) in [5, 5.41) is 0. The molecule has 2 aromatic rings. The lowest BCUT2D eigenvalue weighted by molar-refractivity contribution is 0.357. The molecule has 0 spiro atoms. The zero-order valence-corrected chi connectivity index (χ0v) is 11.1. The van der Waals surface area contributed by atoms with Gasteiger partial charge in [0.25, 0.3) is 0 Å². The van der Waals surface area contributed by atoms with E-state index >= 15 is 0 Å². The molecule has 1 aliphatic rings. The van der Waals surface area contributed by atoms with E-state index in [1.54, 1.807) is 18.3 Å². The van der Waals surface area contributed by atoms with Gasteiger partial charge < -0.3 is 4.74 Å². The fourth-order valence-corrected chi connectivity index (χ4v) is 3.43. The molecule has 6 heteroatoms. The van der Waals surface area contributed by atoms with E-state index in [1.807, 2.05) is 0 Å². The zero-order valence-electron chi connectivity index (χ0n) is 10.3. The second kappa shape index (κ2) is 4.72. The van der Waals surface area contributed by atoms with Gasteiger partial charge in [-0.15, -0.1) is 0 Å². The Hall–Kier alpha value is -2.21. The van der Waals surface area contributed by atoms with Crippen molar-refractivity contribution in [3.05, 3.63) is 59.0 Å². The molecular weight excluding hydrogens is 281 g/mol. The van der Waals surface area contributed by atoms with Crippen LogP contribution in [0.5, 0.6) is 5.75 Å². The minimum Gasteiger partial charge on any atom is -0.487 e. The second-order valence-electron chi connectivity index (χ2n) is 4.27. The summed E-state index contributed by atoms with van der Waals surface area (Å²) in [6, 6.07) is 6.98. The van der Waals surface area contributed by atoms with Crippen LogP contribution in [0.15, 0.2) is 52.5 Å². The number of fused-ring (bicyclic) bond motifs is 1. The molecule has 20 heavy (non-hydrogen) atoms. The summed E-state index contributed by atoms with van der Waals surface area (Å²) in [5.41, 5.74) is 0.356. The third-order valence-electron chi connectivity index (χ3n) is 2.94. The standard InChI is InChI=1S/C14H10FNO3S/c15-11-3-4-14-10(6-11)7-13(20(14,17)18)9-19-12-2-1-5-16-8-12/h1-8H,9H2. The van der Waals surface area contributed by atoms with Crippen LogP contribution in [-0.2, 0) is 9.84 Å².